The number of rotatable bonds is 5. The second-order valence-electron chi connectivity index (χ2n) is 5.98. The summed E-state index contributed by atoms with van der Waals surface area (Å²) in [5.41, 5.74) is 0.663. The van der Waals surface area contributed by atoms with E-state index in [1.165, 1.54) is 38.5 Å². The number of hydrogen-bond acceptors (Lipinski definition) is 3. The first-order chi connectivity index (χ1) is 9.83. The van der Waals surface area contributed by atoms with Crippen molar-refractivity contribution in [2.75, 3.05) is 0 Å². The van der Waals surface area contributed by atoms with Crippen molar-refractivity contribution >= 4 is 0 Å². The molecule has 0 saturated heterocycles. The van der Waals surface area contributed by atoms with Crippen LogP contribution in [0.25, 0.3) is 0 Å². The molecule has 0 amide bonds. The summed E-state index contributed by atoms with van der Waals surface area (Å²) in [5, 5.41) is 3.33. The van der Waals surface area contributed by atoms with Crippen molar-refractivity contribution in [3.63, 3.8) is 0 Å². The molecule has 0 aliphatic heterocycles. The van der Waals surface area contributed by atoms with Gasteiger partial charge in [0, 0.05) is 24.3 Å². The zero-order chi connectivity index (χ0) is 13.8. The van der Waals surface area contributed by atoms with Crippen LogP contribution in [-0.2, 0) is 6.54 Å². The smallest absolute Gasteiger partial charge is 0.250 e. The Morgan fingerprint density at radius 1 is 1.15 bits per heavy atom. The highest BCUT2D eigenvalue weighted by Gasteiger charge is 2.22. The van der Waals surface area contributed by atoms with Gasteiger partial charge in [0.25, 0.3) is 5.88 Å². The molecule has 3 rings (SSSR count). The Balaban J connectivity index is 1.63. The van der Waals surface area contributed by atoms with Gasteiger partial charge in [-0.1, -0.05) is 12.8 Å². The minimum absolute atomic E-state index is 0.131. The maximum Gasteiger partial charge on any atom is 0.250 e. The standard InChI is InChI=1S/C16H23FN2O/c17-15-12(11-19-13-7-8-13)9-10-18-16(15)20-14-5-3-1-2-4-6-14/h9-10,13-14,19H,1-8,11H2. The van der Waals surface area contributed by atoms with Gasteiger partial charge in [0.15, 0.2) is 5.82 Å². The molecule has 20 heavy (non-hydrogen) atoms. The molecule has 3 nitrogen and oxygen atoms in total. The summed E-state index contributed by atoms with van der Waals surface area (Å²) in [6, 6.07) is 2.32. The van der Waals surface area contributed by atoms with Crippen LogP contribution < -0.4 is 10.1 Å². The van der Waals surface area contributed by atoms with Crippen molar-refractivity contribution in [2.24, 2.45) is 0 Å². The number of nitrogens with zero attached hydrogens (tertiary/aromatic N) is 1. The third-order valence-electron chi connectivity index (χ3n) is 4.18. The molecule has 1 N–H and O–H groups in total. The Morgan fingerprint density at radius 3 is 2.60 bits per heavy atom. The Morgan fingerprint density at radius 2 is 1.90 bits per heavy atom. The molecule has 2 fully saturated rings. The van der Waals surface area contributed by atoms with Gasteiger partial charge in [-0.15, -0.1) is 0 Å². The third kappa shape index (κ3) is 3.69. The lowest BCUT2D eigenvalue weighted by atomic mass is 10.1. The van der Waals surface area contributed by atoms with Gasteiger partial charge in [0.05, 0.1) is 0 Å². The van der Waals surface area contributed by atoms with Gasteiger partial charge < -0.3 is 10.1 Å². The van der Waals surface area contributed by atoms with Crippen LogP contribution in [0.3, 0.4) is 0 Å². The summed E-state index contributed by atoms with van der Waals surface area (Å²) in [7, 11) is 0. The second kappa shape index (κ2) is 6.53. The van der Waals surface area contributed by atoms with Gasteiger partial charge in [-0.3, -0.25) is 0 Å². The van der Waals surface area contributed by atoms with Crippen molar-refractivity contribution in [1.82, 2.24) is 10.3 Å². The van der Waals surface area contributed by atoms with E-state index in [0.717, 1.165) is 12.8 Å². The molecule has 1 aromatic heterocycles. The maximum absolute atomic E-state index is 14.4. The Kier molecular flexibility index (Phi) is 4.51. The number of hydrogen-bond donors (Lipinski definition) is 1. The van der Waals surface area contributed by atoms with Crippen LogP contribution in [0.4, 0.5) is 4.39 Å². The fourth-order valence-corrected chi connectivity index (χ4v) is 2.74. The zero-order valence-corrected chi connectivity index (χ0v) is 11.9. The molecule has 0 bridgehead atoms. The molecule has 0 unspecified atom stereocenters. The van der Waals surface area contributed by atoms with Crippen molar-refractivity contribution < 1.29 is 9.13 Å². The van der Waals surface area contributed by atoms with Gasteiger partial charge in [-0.25, -0.2) is 9.37 Å². The fraction of sp³-hybridized carbons (Fsp3) is 0.688. The third-order valence-corrected chi connectivity index (χ3v) is 4.18. The fourth-order valence-electron chi connectivity index (χ4n) is 2.74. The first-order valence-electron chi connectivity index (χ1n) is 7.86. The first kappa shape index (κ1) is 13.8. The van der Waals surface area contributed by atoms with Gasteiger partial charge in [-0.05, 0) is 44.6 Å². The van der Waals surface area contributed by atoms with Gasteiger partial charge >= 0.3 is 0 Å². The van der Waals surface area contributed by atoms with Crippen LogP contribution >= 0.6 is 0 Å². The van der Waals surface area contributed by atoms with Crippen molar-refractivity contribution in [1.29, 1.82) is 0 Å². The monoisotopic (exact) mass is 278 g/mol. The number of ether oxygens (including phenoxy) is 1. The van der Waals surface area contributed by atoms with Crippen LogP contribution in [-0.4, -0.2) is 17.1 Å². The molecular formula is C16H23FN2O. The van der Waals surface area contributed by atoms with E-state index in [4.69, 9.17) is 4.74 Å². The average Bonchev–Trinajstić information content (AvgIpc) is 3.27. The van der Waals surface area contributed by atoms with Gasteiger partial charge in [-0.2, -0.15) is 0 Å². The molecule has 0 radical (unpaired) electrons. The van der Waals surface area contributed by atoms with Gasteiger partial charge in [0.1, 0.15) is 6.10 Å². The minimum Gasteiger partial charge on any atom is -0.472 e. The van der Waals surface area contributed by atoms with Crippen LogP contribution in [0, 0.1) is 5.82 Å². The van der Waals surface area contributed by atoms with Crippen molar-refractivity contribution in [3.05, 3.63) is 23.6 Å². The van der Waals surface area contributed by atoms with E-state index < -0.39 is 0 Å². The number of halogens is 1. The molecule has 2 aliphatic rings. The zero-order valence-electron chi connectivity index (χ0n) is 11.9. The highest BCUT2D eigenvalue weighted by Crippen LogP contribution is 2.25. The maximum atomic E-state index is 14.4. The van der Waals surface area contributed by atoms with Crippen LogP contribution in [0.15, 0.2) is 12.3 Å². The SMILES string of the molecule is Fc1c(CNC2CC2)ccnc1OC1CCCCCC1. The summed E-state index contributed by atoms with van der Waals surface area (Å²) in [5.74, 6) is -0.100. The minimum atomic E-state index is -0.287. The summed E-state index contributed by atoms with van der Waals surface area (Å²) < 4.78 is 20.2. The molecule has 0 spiro atoms. The second-order valence-corrected chi connectivity index (χ2v) is 5.98. The number of pyridine rings is 1. The predicted molar refractivity (Wildman–Crippen MR) is 76.2 cm³/mol. The highest BCUT2D eigenvalue weighted by molar-refractivity contribution is 5.24. The highest BCUT2D eigenvalue weighted by atomic mass is 19.1. The number of aromatic nitrogens is 1. The lowest BCUT2D eigenvalue weighted by Gasteiger charge is -2.17. The van der Waals surface area contributed by atoms with E-state index >= 15 is 0 Å². The van der Waals surface area contributed by atoms with E-state index in [9.17, 15) is 4.39 Å². The molecule has 2 saturated carbocycles. The Hall–Kier alpha value is -1.16. The molecule has 1 heterocycles. The lowest BCUT2D eigenvalue weighted by molar-refractivity contribution is 0.167. The largest absolute Gasteiger partial charge is 0.472 e. The molecule has 110 valence electrons. The van der Waals surface area contributed by atoms with Crippen LogP contribution in [0.2, 0.25) is 0 Å². The molecule has 4 heteroatoms. The molecule has 0 atom stereocenters. The first-order valence-corrected chi connectivity index (χ1v) is 7.86. The Labute approximate surface area is 119 Å². The van der Waals surface area contributed by atoms with E-state index in [-0.39, 0.29) is 17.8 Å². The van der Waals surface area contributed by atoms with E-state index in [1.54, 1.807) is 12.3 Å². The number of nitrogens with one attached hydrogen (secondary N) is 1. The molecule has 1 aromatic rings. The van der Waals surface area contributed by atoms with Crippen LogP contribution in [0.5, 0.6) is 5.88 Å². The topological polar surface area (TPSA) is 34.2 Å². The summed E-state index contributed by atoms with van der Waals surface area (Å²) >= 11 is 0. The normalized spacial score (nSPS) is 20.6. The van der Waals surface area contributed by atoms with Gasteiger partial charge in [0.2, 0.25) is 0 Å². The molecule has 2 aliphatic carbocycles. The predicted octanol–water partition coefficient (Wildman–Crippen LogP) is 3.57. The lowest BCUT2D eigenvalue weighted by Crippen LogP contribution is -2.19. The van der Waals surface area contributed by atoms with Crippen molar-refractivity contribution in [2.45, 2.75) is 70.1 Å². The summed E-state index contributed by atoms with van der Waals surface area (Å²) in [6.07, 6.45) is 11.1. The van der Waals surface area contributed by atoms with Crippen LogP contribution in [0.1, 0.15) is 56.9 Å². The molecule has 0 aromatic carbocycles. The summed E-state index contributed by atoms with van der Waals surface area (Å²) in [6.45, 7) is 0.569. The summed E-state index contributed by atoms with van der Waals surface area (Å²) in [4.78, 5) is 4.08. The Bertz CT molecular complexity index is 440. The van der Waals surface area contributed by atoms with Crippen molar-refractivity contribution in [3.8, 4) is 5.88 Å². The average molecular weight is 278 g/mol. The van der Waals surface area contributed by atoms with E-state index in [2.05, 4.69) is 10.3 Å². The quantitative estimate of drug-likeness (QED) is 0.836. The van der Waals surface area contributed by atoms with E-state index in [0.29, 0.717) is 18.2 Å². The van der Waals surface area contributed by atoms with E-state index in [1.807, 2.05) is 0 Å². The molecular weight excluding hydrogens is 255 g/mol.